The summed E-state index contributed by atoms with van der Waals surface area (Å²) in [4.78, 5) is 10.9. The molecule has 0 aliphatic heterocycles. The maximum absolute atomic E-state index is 10.9. The molecule has 2 aromatic rings. The fourth-order valence-electron chi connectivity index (χ4n) is 2.12. The van der Waals surface area contributed by atoms with E-state index in [9.17, 15) is 4.79 Å². The zero-order chi connectivity index (χ0) is 11.7. The minimum absolute atomic E-state index is 0.675. The molecule has 84 valence electrons. The van der Waals surface area contributed by atoms with E-state index in [1.54, 1.807) is 7.11 Å². The van der Waals surface area contributed by atoms with Crippen LogP contribution in [0.15, 0.2) is 18.2 Å². The molecule has 0 radical (unpaired) electrons. The van der Waals surface area contributed by atoms with Crippen molar-refractivity contribution in [3.8, 4) is 5.75 Å². The van der Waals surface area contributed by atoms with Gasteiger partial charge in [0.25, 0.3) is 0 Å². The molecule has 0 aliphatic rings. The Balaban J connectivity index is 2.87. The van der Waals surface area contributed by atoms with Gasteiger partial charge in [-0.25, -0.2) is 0 Å². The van der Waals surface area contributed by atoms with Crippen LogP contribution in [-0.2, 0) is 13.5 Å². The molecule has 0 atom stereocenters. The van der Waals surface area contributed by atoms with Gasteiger partial charge >= 0.3 is 0 Å². The summed E-state index contributed by atoms with van der Waals surface area (Å²) >= 11 is 0. The average Bonchev–Trinajstić information content (AvgIpc) is 2.66. The largest absolute Gasteiger partial charge is 0.496 e. The number of aromatic nitrogens is 1. The molecule has 0 N–H and O–H groups in total. The van der Waals surface area contributed by atoms with Crippen LogP contribution in [0.2, 0.25) is 0 Å². The Bertz CT molecular complexity index is 540. The molecule has 0 unspecified atom stereocenters. The third kappa shape index (κ3) is 1.40. The van der Waals surface area contributed by atoms with Gasteiger partial charge in [-0.2, -0.15) is 0 Å². The van der Waals surface area contributed by atoms with Crippen LogP contribution in [0.3, 0.4) is 0 Å². The molecule has 1 aromatic carbocycles. The van der Waals surface area contributed by atoms with E-state index in [2.05, 4.69) is 13.0 Å². The van der Waals surface area contributed by atoms with Gasteiger partial charge in [-0.3, -0.25) is 4.79 Å². The zero-order valence-corrected chi connectivity index (χ0v) is 9.78. The number of nitrogens with zero attached hydrogens (tertiary/aromatic N) is 1. The summed E-state index contributed by atoms with van der Waals surface area (Å²) in [6, 6.07) is 5.88. The lowest BCUT2D eigenvalue weighted by Gasteiger charge is -2.07. The highest BCUT2D eigenvalue weighted by Crippen LogP contribution is 2.30. The maximum Gasteiger partial charge on any atom is 0.166 e. The molecule has 0 aliphatic carbocycles. The number of hydrogen-bond donors (Lipinski definition) is 0. The van der Waals surface area contributed by atoms with Crippen LogP contribution in [0, 0.1) is 0 Å². The van der Waals surface area contributed by atoms with Gasteiger partial charge in [0.1, 0.15) is 5.75 Å². The molecule has 0 spiro atoms. The number of carbonyl (C=O) groups excluding carboxylic acids is 1. The second kappa shape index (κ2) is 4.00. The van der Waals surface area contributed by atoms with Crippen LogP contribution in [0.4, 0.5) is 0 Å². The Morgan fingerprint density at radius 3 is 2.75 bits per heavy atom. The lowest BCUT2D eigenvalue weighted by Crippen LogP contribution is -1.96. The second-order valence-corrected chi connectivity index (χ2v) is 3.79. The molecule has 2 rings (SSSR count). The summed E-state index contributed by atoms with van der Waals surface area (Å²) in [6.45, 7) is 2.11. The summed E-state index contributed by atoms with van der Waals surface area (Å²) in [5.74, 6) is 0.816. The Labute approximate surface area is 94.6 Å². The first kappa shape index (κ1) is 10.7. The Kier molecular flexibility index (Phi) is 2.69. The first-order valence-electron chi connectivity index (χ1n) is 5.33. The average molecular weight is 217 g/mol. The van der Waals surface area contributed by atoms with E-state index in [0.29, 0.717) is 5.69 Å². The summed E-state index contributed by atoms with van der Waals surface area (Å²) in [5.41, 5.74) is 2.99. The quantitative estimate of drug-likeness (QED) is 0.740. The molecular weight excluding hydrogens is 202 g/mol. The number of fused-ring (bicyclic) bond motifs is 1. The lowest BCUT2D eigenvalue weighted by molar-refractivity contribution is 0.111. The van der Waals surface area contributed by atoms with Gasteiger partial charge < -0.3 is 9.30 Å². The third-order valence-corrected chi connectivity index (χ3v) is 3.00. The van der Waals surface area contributed by atoms with E-state index in [-0.39, 0.29) is 0 Å². The summed E-state index contributed by atoms with van der Waals surface area (Å²) in [5, 5.41) is 1.01. The molecule has 3 heteroatoms. The number of methoxy groups -OCH3 is 1. The van der Waals surface area contributed by atoms with E-state index in [0.717, 1.165) is 29.4 Å². The van der Waals surface area contributed by atoms with Crippen molar-refractivity contribution in [2.75, 3.05) is 7.11 Å². The fraction of sp³-hybridized carbons (Fsp3) is 0.308. The van der Waals surface area contributed by atoms with Crippen molar-refractivity contribution in [2.45, 2.75) is 13.3 Å². The highest BCUT2D eigenvalue weighted by molar-refractivity contribution is 5.94. The number of aldehydes is 1. The zero-order valence-electron chi connectivity index (χ0n) is 9.78. The number of hydrogen-bond acceptors (Lipinski definition) is 2. The van der Waals surface area contributed by atoms with Gasteiger partial charge in [0.15, 0.2) is 6.29 Å². The Hall–Kier alpha value is -1.77. The molecule has 0 bridgehead atoms. The summed E-state index contributed by atoms with van der Waals surface area (Å²) in [7, 11) is 3.55. The molecule has 1 aromatic heterocycles. The van der Waals surface area contributed by atoms with Crippen molar-refractivity contribution in [3.05, 3.63) is 29.5 Å². The molecule has 0 amide bonds. The first-order chi connectivity index (χ1) is 7.72. The van der Waals surface area contributed by atoms with Crippen LogP contribution in [0.1, 0.15) is 23.0 Å². The van der Waals surface area contributed by atoms with E-state index < -0.39 is 0 Å². The second-order valence-electron chi connectivity index (χ2n) is 3.79. The molecule has 0 saturated heterocycles. The van der Waals surface area contributed by atoms with Crippen molar-refractivity contribution in [3.63, 3.8) is 0 Å². The van der Waals surface area contributed by atoms with Gasteiger partial charge in [-0.1, -0.05) is 13.0 Å². The Morgan fingerprint density at radius 1 is 1.44 bits per heavy atom. The van der Waals surface area contributed by atoms with Crippen molar-refractivity contribution >= 4 is 17.2 Å². The highest BCUT2D eigenvalue weighted by Gasteiger charge is 2.12. The highest BCUT2D eigenvalue weighted by atomic mass is 16.5. The molecule has 0 fully saturated rings. The van der Waals surface area contributed by atoms with Crippen molar-refractivity contribution in [2.24, 2.45) is 7.05 Å². The fourth-order valence-corrected chi connectivity index (χ4v) is 2.12. The molecular formula is C13H15NO2. The molecule has 16 heavy (non-hydrogen) atoms. The van der Waals surface area contributed by atoms with Crippen molar-refractivity contribution in [1.29, 1.82) is 0 Å². The standard InChI is InChI=1S/C13H15NO2/c1-4-9-5-6-12(16-3)11-7-10(8-15)14(2)13(9)11/h5-8H,4H2,1-3H3. The van der Waals surface area contributed by atoms with Crippen molar-refractivity contribution < 1.29 is 9.53 Å². The van der Waals surface area contributed by atoms with Gasteiger partial charge in [0.2, 0.25) is 0 Å². The van der Waals surface area contributed by atoms with E-state index >= 15 is 0 Å². The molecule has 0 saturated carbocycles. The summed E-state index contributed by atoms with van der Waals surface area (Å²) in [6.07, 6.45) is 1.82. The normalized spacial score (nSPS) is 10.7. The summed E-state index contributed by atoms with van der Waals surface area (Å²) < 4.78 is 7.23. The van der Waals surface area contributed by atoms with Crippen molar-refractivity contribution in [1.82, 2.24) is 4.57 Å². The van der Waals surface area contributed by atoms with Crippen LogP contribution in [0.25, 0.3) is 10.9 Å². The number of aryl methyl sites for hydroxylation is 2. The predicted molar refractivity (Wildman–Crippen MR) is 64.2 cm³/mol. The number of ether oxygens (including phenoxy) is 1. The third-order valence-electron chi connectivity index (χ3n) is 3.00. The predicted octanol–water partition coefficient (Wildman–Crippen LogP) is 2.56. The van der Waals surface area contributed by atoms with Crippen LogP contribution >= 0.6 is 0 Å². The monoisotopic (exact) mass is 217 g/mol. The van der Waals surface area contributed by atoms with Gasteiger partial charge in [-0.05, 0) is 24.1 Å². The van der Waals surface area contributed by atoms with Crippen LogP contribution in [-0.4, -0.2) is 18.0 Å². The first-order valence-corrected chi connectivity index (χ1v) is 5.33. The lowest BCUT2D eigenvalue weighted by atomic mass is 10.1. The maximum atomic E-state index is 10.9. The minimum Gasteiger partial charge on any atom is -0.496 e. The van der Waals surface area contributed by atoms with Gasteiger partial charge in [0.05, 0.1) is 18.3 Å². The Morgan fingerprint density at radius 2 is 2.19 bits per heavy atom. The van der Waals surface area contributed by atoms with Crippen LogP contribution < -0.4 is 4.74 Å². The SMILES string of the molecule is CCc1ccc(OC)c2cc(C=O)n(C)c12. The number of rotatable bonds is 3. The smallest absolute Gasteiger partial charge is 0.166 e. The van der Waals surface area contributed by atoms with Gasteiger partial charge in [0, 0.05) is 12.4 Å². The minimum atomic E-state index is 0.675. The van der Waals surface area contributed by atoms with E-state index in [4.69, 9.17) is 4.74 Å². The van der Waals surface area contributed by atoms with E-state index in [1.165, 1.54) is 5.56 Å². The van der Waals surface area contributed by atoms with E-state index in [1.807, 2.05) is 23.7 Å². The topological polar surface area (TPSA) is 31.2 Å². The molecule has 1 heterocycles. The number of carbonyl (C=O) groups is 1. The molecule has 3 nitrogen and oxygen atoms in total. The van der Waals surface area contributed by atoms with Gasteiger partial charge in [-0.15, -0.1) is 0 Å². The van der Waals surface area contributed by atoms with Crippen LogP contribution in [0.5, 0.6) is 5.75 Å². The number of benzene rings is 1.